The molecule has 0 aliphatic carbocycles. The first-order valence-electron chi connectivity index (χ1n) is 8.18. The molecule has 0 radical (unpaired) electrons. The first kappa shape index (κ1) is 18.0. The molecular formula is C18H20F2N2O2S. The molecule has 134 valence electrons. The lowest BCUT2D eigenvalue weighted by molar-refractivity contribution is 0.00967. The van der Waals surface area contributed by atoms with Gasteiger partial charge in [0, 0.05) is 24.0 Å². The predicted octanol–water partition coefficient (Wildman–Crippen LogP) is 3.22. The number of thiophene rings is 1. The quantitative estimate of drug-likeness (QED) is 0.883. The summed E-state index contributed by atoms with van der Waals surface area (Å²) in [6.45, 7) is 4.61. The van der Waals surface area contributed by atoms with E-state index >= 15 is 0 Å². The van der Waals surface area contributed by atoms with Crippen molar-refractivity contribution in [2.24, 2.45) is 0 Å². The van der Waals surface area contributed by atoms with Crippen molar-refractivity contribution in [3.8, 4) is 0 Å². The van der Waals surface area contributed by atoms with Crippen LogP contribution >= 0.6 is 11.3 Å². The first-order chi connectivity index (χ1) is 12.1. The number of halogens is 2. The molecule has 0 spiro atoms. The molecular weight excluding hydrogens is 346 g/mol. The third-order valence-electron chi connectivity index (χ3n) is 4.30. The Balaban J connectivity index is 1.80. The lowest BCUT2D eigenvalue weighted by Crippen LogP contribution is -2.48. The molecule has 0 unspecified atom stereocenters. The van der Waals surface area contributed by atoms with E-state index in [4.69, 9.17) is 4.74 Å². The summed E-state index contributed by atoms with van der Waals surface area (Å²) in [6.07, 6.45) is 0. The maximum atomic E-state index is 13.9. The van der Waals surface area contributed by atoms with E-state index in [1.54, 1.807) is 11.3 Å². The van der Waals surface area contributed by atoms with Crippen LogP contribution in [-0.4, -0.2) is 43.2 Å². The Labute approximate surface area is 149 Å². The lowest BCUT2D eigenvalue weighted by atomic mass is 10.0. The molecule has 3 rings (SSSR count). The minimum atomic E-state index is -0.858. The van der Waals surface area contributed by atoms with Crippen LogP contribution in [0.1, 0.15) is 28.2 Å². The van der Waals surface area contributed by atoms with Crippen molar-refractivity contribution < 1.29 is 18.3 Å². The van der Waals surface area contributed by atoms with Crippen molar-refractivity contribution in [2.45, 2.75) is 19.0 Å². The van der Waals surface area contributed by atoms with Gasteiger partial charge in [-0.05, 0) is 30.5 Å². The molecule has 2 heterocycles. The zero-order valence-corrected chi connectivity index (χ0v) is 14.7. The standard InChI is InChI=1S/C18H20F2N2O2S/c1-12(21-18(23)16-13(19)4-2-5-14(16)20)17(15-6-3-11-25-15)22-7-9-24-10-8-22/h2-6,11-12,17H,7-10H2,1H3,(H,21,23)/t12-,17-/m1/s1. The van der Waals surface area contributed by atoms with E-state index in [0.29, 0.717) is 13.2 Å². The normalized spacial score (nSPS) is 17.9. The summed E-state index contributed by atoms with van der Waals surface area (Å²) in [6, 6.07) is 7.00. The molecule has 1 aromatic heterocycles. The molecule has 1 aliphatic rings. The van der Waals surface area contributed by atoms with Crippen molar-refractivity contribution in [3.63, 3.8) is 0 Å². The molecule has 1 N–H and O–H groups in total. The van der Waals surface area contributed by atoms with Gasteiger partial charge in [0.25, 0.3) is 5.91 Å². The second-order valence-corrected chi connectivity index (χ2v) is 6.95. The summed E-state index contributed by atoms with van der Waals surface area (Å²) >= 11 is 1.60. The predicted molar refractivity (Wildman–Crippen MR) is 92.7 cm³/mol. The van der Waals surface area contributed by atoms with Gasteiger partial charge in [-0.15, -0.1) is 11.3 Å². The fourth-order valence-corrected chi connectivity index (χ4v) is 4.09. The molecule has 1 aromatic carbocycles. The van der Waals surface area contributed by atoms with Gasteiger partial charge in [0.2, 0.25) is 0 Å². The van der Waals surface area contributed by atoms with E-state index in [0.717, 1.165) is 30.1 Å². The Hall–Kier alpha value is -1.83. The van der Waals surface area contributed by atoms with E-state index in [-0.39, 0.29) is 12.1 Å². The van der Waals surface area contributed by atoms with Gasteiger partial charge in [0.05, 0.1) is 19.3 Å². The lowest BCUT2D eigenvalue weighted by Gasteiger charge is -2.37. The smallest absolute Gasteiger partial charge is 0.257 e. The summed E-state index contributed by atoms with van der Waals surface area (Å²) in [5.74, 6) is -2.45. The first-order valence-corrected chi connectivity index (χ1v) is 9.06. The monoisotopic (exact) mass is 366 g/mol. The van der Waals surface area contributed by atoms with E-state index in [1.165, 1.54) is 6.07 Å². The average molecular weight is 366 g/mol. The number of benzene rings is 1. The highest BCUT2D eigenvalue weighted by molar-refractivity contribution is 7.10. The van der Waals surface area contributed by atoms with Crippen LogP contribution in [0.15, 0.2) is 35.7 Å². The molecule has 25 heavy (non-hydrogen) atoms. The van der Waals surface area contributed by atoms with Crippen LogP contribution in [0.2, 0.25) is 0 Å². The molecule has 7 heteroatoms. The van der Waals surface area contributed by atoms with Crippen LogP contribution in [0.25, 0.3) is 0 Å². The zero-order chi connectivity index (χ0) is 17.8. The third kappa shape index (κ3) is 4.05. The van der Waals surface area contributed by atoms with Gasteiger partial charge in [-0.1, -0.05) is 12.1 Å². The van der Waals surface area contributed by atoms with Crippen molar-refractivity contribution in [1.82, 2.24) is 10.2 Å². The number of hydrogen-bond donors (Lipinski definition) is 1. The number of carbonyl (C=O) groups excluding carboxylic acids is 1. The van der Waals surface area contributed by atoms with Crippen LogP contribution in [0.5, 0.6) is 0 Å². The molecule has 0 bridgehead atoms. The topological polar surface area (TPSA) is 41.6 Å². The van der Waals surface area contributed by atoms with Crippen LogP contribution in [0.3, 0.4) is 0 Å². The summed E-state index contributed by atoms with van der Waals surface area (Å²) in [5.41, 5.74) is -0.541. The Kier molecular flexibility index (Phi) is 5.78. The summed E-state index contributed by atoms with van der Waals surface area (Å²) in [4.78, 5) is 15.8. The van der Waals surface area contributed by atoms with Crippen LogP contribution in [-0.2, 0) is 4.74 Å². The van der Waals surface area contributed by atoms with E-state index < -0.39 is 23.1 Å². The van der Waals surface area contributed by atoms with Crippen LogP contribution in [0, 0.1) is 11.6 Å². The Morgan fingerprint density at radius 3 is 2.48 bits per heavy atom. The van der Waals surface area contributed by atoms with Crippen LogP contribution < -0.4 is 5.32 Å². The Morgan fingerprint density at radius 1 is 1.20 bits per heavy atom. The second kappa shape index (κ2) is 8.03. The molecule has 1 saturated heterocycles. The highest BCUT2D eigenvalue weighted by Crippen LogP contribution is 2.29. The molecule has 4 nitrogen and oxygen atoms in total. The van der Waals surface area contributed by atoms with Gasteiger partial charge in [0.15, 0.2) is 0 Å². The fraction of sp³-hybridized carbons (Fsp3) is 0.389. The van der Waals surface area contributed by atoms with Gasteiger partial charge in [-0.2, -0.15) is 0 Å². The summed E-state index contributed by atoms with van der Waals surface area (Å²) < 4.78 is 33.1. The van der Waals surface area contributed by atoms with Gasteiger partial charge >= 0.3 is 0 Å². The van der Waals surface area contributed by atoms with E-state index in [9.17, 15) is 13.6 Å². The number of hydrogen-bond acceptors (Lipinski definition) is 4. The minimum Gasteiger partial charge on any atom is -0.379 e. The second-order valence-electron chi connectivity index (χ2n) is 5.97. The van der Waals surface area contributed by atoms with Gasteiger partial charge < -0.3 is 10.1 Å². The van der Waals surface area contributed by atoms with Gasteiger partial charge in [-0.25, -0.2) is 8.78 Å². The highest BCUT2D eigenvalue weighted by atomic mass is 32.1. The highest BCUT2D eigenvalue weighted by Gasteiger charge is 2.30. The minimum absolute atomic E-state index is 0.0670. The molecule has 2 aromatic rings. The maximum Gasteiger partial charge on any atom is 0.257 e. The number of nitrogens with one attached hydrogen (secondary N) is 1. The molecule has 1 fully saturated rings. The van der Waals surface area contributed by atoms with Gasteiger partial charge in [0.1, 0.15) is 17.2 Å². The molecule has 1 amide bonds. The Morgan fingerprint density at radius 2 is 1.88 bits per heavy atom. The number of nitrogens with zero attached hydrogens (tertiary/aromatic N) is 1. The fourth-order valence-electron chi connectivity index (χ4n) is 3.13. The number of amides is 1. The van der Waals surface area contributed by atoms with E-state index in [2.05, 4.69) is 10.2 Å². The largest absolute Gasteiger partial charge is 0.379 e. The van der Waals surface area contributed by atoms with Crippen LogP contribution in [0.4, 0.5) is 8.78 Å². The third-order valence-corrected chi connectivity index (χ3v) is 5.24. The number of morpholine rings is 1. The SMILES string of the molecule is C[C@@H](NC(=O)c1c(F)cccc1F)[C@H](c1cccs1)N1CCOCC1. The number of carbonyl (C=O) groups is 1. The van der Waals surface area contributed by atoms with Crippen molar-refractivity contribution >= 4 is 17.2 Å². The van der Waals surface area contributed by atoms with Crippen molar-refractivity contribution in [1.29, 1.82) is 0 Å². The summed E-state index contributed by atoms with van der Waals surface area (Å²) in [7, 11) is 0. The maximum absolute atomic E-state index is 13.9. The van der Waals surface area contributed by atoms with Crippen molar-refractivity contribution in [3.05, 3.63) is 57.8 Å². The average Bonchev–Trinajstić information content (AvgIpc) is 3.10. The zero-order valence-electron chi connectivity index (χ0n) is 13.9. The number of rotatable bonds is 5. The van der Waals surface area contributed by atoms with Gasteiger partial charge in [-0.3, -0.25) is 9.69 Å². The molecule has 1 aliphatic heterocycles. The van der Waals surface area contributed by atoms with Crippen molar-refractivity contribution in [2.75, 3.05) is 26.3 Å². The molecule has 2 atom stereocenters. The number of ether oxygens (including phenoxy) is 1. The summed E-state index contributed by atoms with van der Waals surface area (Å²) in [5, 5.41) is 4.75. The Bertz CT molecular complexity index is 698. The van der Waals surface area contributed by atoms with E-state index in [1.807, 2.05) is 24.4 Å². The molecule has 0 saturated carbocycles.